The number of aryl methyl sites for hydroxylation is 2. The molecule has 0 aliphatic carbocycles. The Balaban J connectivity index is 3.16. The maximum Gasteiger partial charge on any atom is 0.223 e. The van der Waals surface area contributed by atoms with Crippen LogP contribution in [0.3, 0.4) is 0 Å². The van der Waals surface area contributed by atoms with Gasteiger partial charge in [-0.1, -0.05) is 19.1 Å². The van der Waals surface area contributed by atoms with Gasteiger partial charge >= 0.3 is 0 Å². The molecule has 0 aliphatic heterocycles. The van der Waals surface area contributed by atoms with Crippen LogP contribution in [-0.4, -0.2) is 13.0 Å². The van der Waals surface area contributed by atoms with Gasteiger partial charge in [0.1, 0.15) is 0 Å². The standard InChI is InChI=1S/C12H17NO/c1-5-11-7-6-9(2)8-12(11)13(4)10(3)14/h6-8H,5H2,1-4H3. The molecule has 0 aromatic heterocycles. The third kappa shape index (κ3) is 2.13. The summed E-state index contributed by atoms with van der Waals surface area (Å²) in [5, 5.41) is 0. The van der Waals surface area contributed by atoms with Crippen molar-refractivity contribution < 1.29 is 4.79 Å². The second-order valence-electron chi connectivity index (χ2n) is 3.56. The second-order valence-corrected chi connectivity index (χ2v) is 3.56. The summed E-state index contributed by atoms with van der Waals surface area (Å²) in [6.07, 6.45) is 0.952. The molecule has 2 nitrogen and oxygen atoms in total. The van der Waals surface area contributed by atoms with Crippen LogP contribution in [0.4, 0.5) is 5.69 Å². The summed E-state index contributed by atoms with van der Waals surface area (Å²) in [7, 11) is 1.82. The molecule has 0 saturated carbocycles. The topological polar surface area (TPSA) is 20.3 Å². The van der Waals surface area contributed by atoms with Crippen molar-refractivity contribution >= 4 is 11.6 Å². The number of rotatable bonds is 2. The van der Waals surface area contributed by atoms with Crippen LogP contribution in [0.1, 0.15) is 25.0 Å². The van der Waals surface area contributed by atoms with Crippen molar-refractivity contribution in [2.75, 3.05) is 11.9 Å². The van der Waals surface area contributed by atoms with E-state index in [9.17, 15) is 4.79 Å². The molecule has 76 valence electrons. The largest absolute Gasteiger partial charge is 0.315 e. The monoisotopic (exact) mass is 191 g/mol. The Kier molecular flexibility index (Phi) is 3.28. The average molecular weight is 191 g/mol. The van der Waals surface area contributed by atoms with E-state index in [1.165, 1.54) is 11.1 Å². The predicted octanol–water partition coefficient (Wildman–Crippen LogP) is 2.54. The Morgan fingerprint density at radius 2 is 2.07 bits per heavy atom. The quantitative estimate of drug-likeness (QED) is 0.703. The Hall–Kier alpha value is -1.31. The summed E-state index contributed by atoms with van der Waals surface area (Å²) in [6.45, 7) is 5.72. The molecule has 1 amide bonds. The predicted molar refractivity (Wildman–Crippen MR) is 59.6 cm³/mol. The molecule has 14 heavy (non-hydrogen) atoms. The molecular formula is C12H17NO. The van der Waals surface area contributed by atoms with Crippen LogP contribution in [0.2, 0.25) is 0 Å². The molecule has 0 bridgehead atoms. The molecule has 0 spiro atoms. The van der Waals surface area contributed by atoms with E-state index in [1.54, 1.807) is 11.8 Å². The highest BCUT2D eigenvalue weighted by atomic mass is 16.2. The van der Waals surface area contributed by atoms with E-state index in [4.69, 9.17) is 0 Å². The smallest absolute Gasteiger partial charge is 0.223 e. The van der Waals surface area contributed by atoms with E-state index in [0.717, 1.165) is 12.1 Å². The number of hydrogen-bond acceptors (Lipinski definition) is 1. The average Bonchev–Trinajstić information content (AvgIpc) is 2.16. The van der Waals surface area contributed by atoms with Crippen molar-refractivity contribution in [2.45, 2.75) is 27.2 Å². The maximum atomic E-state index is 11.2. The van der Waals surface area contributed by atoms with Crippen molar-refractivity contribution in [3.8, 4) is 0 Å². The fraction of sp³-hybridized carbons (Fsp3) is 0.417. The van der Waals surface area contributed by atoms with Gasteiger partial charge in [0.15, 0.2) is 0 Å². The number of anilines is 1. The zero-order valence-corrected chi connectivity index (χ0v) is 9.29. The summed E-state index contributed by atoms with van der Waals surface area (Å²) < 4.78 is 0. The highest BCUT2D eigenvalue weighted by molar-refractivity contribution is 5.91. The number of carbonyl (C=O) groups excluding carboxylic acids is 1. The Labute approximate surface area is 85.5 Å². The van der Waals surface area contributed by atoms with Gasteiger partial charge in [0.05, 0.1) is 0 Å². The number of nitrogens with zero attached hydrogens (tertiary/aromatic N) is 1. The van der Waals surface area contributed by atoms with Crippen LogP contribution < -0.4 is 4.90 Å². The van der Waals surface area contributed by atoms with Crippen LogP contribution in [0.15, 0.2) is 18.2 Å². The highest BCUT2D eigenvalue weighted by Crippen LogP contribution is 2.21. The zero-order valence-electron chi connectivity index (χ0n) is 9.29. The number of benzene rings is 1. The van der Waals surface area contributed by atoms with Gasteiger partial charge in [0, 0.05) is 19.7 Å². The number of carbonyl (C=O) groups is 1. The van der Waals surface area contributed by atoms with Crippen molar-refractivity contribution in [1.82, 2.24) is 0 Å². The molecule has 0 saturated heterocycles. The second kappa shape index (κ2) is 4.27. The summed E-state index contributed by atoms with van der Waals surface area (Å²) in [4.78, 5) is 12.9. The Bertz CT molecular complexity index is 344. The summed E-state index contributed by atoms with van der Waals surface area (Å²) >= 11 is 0. The van der Waals surface area contributed by atoms with Gasteiger partial charge in [-0.05, 0) is 30.5 Å². The van der Waals surface area contributed by atoms with Crippen LogP contribution >= 0.6 is 0 Å². The van der Waals surface area contributed by atoms with Crippen molar-refractivity contribution in [2.24, 2.45) is 0 Å². The Morgan fingerprint density at radius 3 is 2.57 bits per heavy atom. The molecule has 0 heterocycles. The first-order valence-corrected chi connectivity index (χ1v) is 4.90. The van der Waals surface area contributed by atoms with Crippen LogP contribution in [0, 0.1) is 6.92 Å². The van der Waals surface area contributed by atoms with Crippen LogP contribution in [0.25, 0.3) is 0 Å². The zero-order chi connectivity index (χ0) is 10.7. The number of amides is 1. The lowest BCUT2D eigenvalue weighted by molar-refractivity contribution is -0.116. The third-order valence-corrected chi connectivity index (χ3v) is 2.46. The van der Waals surface area contributed by atoms with Gasteiger partial charge in [-0.15, -0.1) is 0 Å². The third-order valence-electron chi connectivity index (χ3n) is 2.46. The van der Waals surface area contributed by atoms with Gasteiger partial charge < -0.3 is 4.90 Å². The number of hydrogen-bond donors (Lipinski definition) is 0. The molecule has 0 atom stereocenters. The first-order valence-electron chi connectivity index (χ1n) is 4.90. The fourth-order valence-corrected chi connectivity index (χ4v) is 1.45. The lowest BCUT2D eigenvalue weighted by Gasteiger charge is -2.19. The van der Waals surface area contributed by atoms with E-state index in [0.29, 0.717) is 0 Å². The first kappa shape index (κ1) is 10.8. The van der Waals surface area contributed by atoms with Gasteiger partial charge in [0.25, 0.3) is 0 Å². The van der Waals surface area contributed by atoms with E-state index in [2.05, 4.69) is 25.1 Å². The molecule has 0 fully saturated rings. The van der Waals surface area contributed by atoms with Gasteiger partial charge in [-0.2, -0.15) is 0 Å². The maximum absolute atomic E-state index is 11.2. The normalized spacial score (nSPS) is 10.0. The SMILES string of the molecule is CCc1ccc(C)cc1N(C)C(C)=O. The van der Waals surface area contributed by atoms with Crippen LogP contribution in [-0.2, 0) is 11.2 Å². The molecule has 1 aromatic rings. The molecule has 0 N–H and O–H groups in total. The molecule has 1 aromatic carbocycles. The highest BCUT2D eigenvalue weighted by Gasteiger charge is 2.09. The minimum atomic E-state index is 0.0744. The molecule has 0 aliphatic rings. The minimum absolute atomic E-state index is 0.0744. The first-order chi connectivity index (χ1) is 6.56. The van der Waals surface area contributed by atoms with E-state index in [1.807, 2.05) is 14.0 Å². The van der Waals surface area contributed by atoms with Gasteiger partial charge in [0.2, 0.25) is 5.91 Å². The summed E-state index contributed by atoms with van der Waals surface area (Å²) in [5.41, 5.74) is 3.43. The van der Waals surface area contributed by atoms with Crippen molar-refractivity contribution in [3.05, 3.63) is 29.3 Å². The van der Waals surface area contributed by atoms with Gasteiger partial charge in [-0.25, -0.2) is 0 Å². The molecule has 1 rings (SSSR count). The van der Waals surface area contributed by atoms with Crippen molar-refractivity contribution in [3.63, 3.8) is 0 Å². The lowest BCUT2D eigenvalue weighted by atomic mass is 10.1. The molecule has 0 radical (unpaired) electrons. The summed E-state index contributed by atoms with van der Waals surface area (Å²) in [6, 6.07) is 6.22. The van der Waals surface area contributed by atoms with Gasteiger partial charge in [-0.3, -0.25) is 4.79 Å². The molecular weight excluding hydrogens is 174 g/mol. The molecule has 2 heteroatoms. The van der Waals surface area contributed by atoms with E-state index < -0.39 is 0 Å². The summed E-state index contributed by atoms with van der Waals surface area (Å²) in [5.74, 6) is 0.0744. The van der Waals surface area contributed by atoms with Crippen molar-refractivity contribution in [1.29, 1.82) is 0 Å². The van der Waals surface area contributed by atoms with Crippen LogP contribution in [0.5, 0.6) is 0 Å². The molecule has 0 unspecified atom stereocenters. The van der Waals surface area contributed by atoms with E-state index >= 15 is 0 Å². The Morgan fingerprint density at radius 1 is 1.43 bits per heavy atom. The van der Waals surface area contributed by atoms with E-state index in [-0.39, 0.29) is 5.91 Å². The minimum Gasteiger partial charge on any atom is -0.315 e. The lowest BCUT2D eigenvalue weighted by Crippen LogP contribution is -2.24. The fourth-order valence-electron chi connectivity index (χ4n) is 1.45.